The number of nitrogens with zero attached hydrogens (tertiary/aromatic N) is 1. The molecule has 1 aromatic heterocycles. The van der Waals surface area contributed by atoms with E-state index in [-0.39, 0.29) is 11.3 Å². The molecule has 4 unspecified atom stereocenters. The summed E-state index contributed by atoms with van der Waals surface area (Å²) in [4.78, 5) is 18.6. The quantitative estimate of drug-likeness (QED) is 0.450. The molecule has 2 aromatic carbocycles. The Hall–Kier alpha value is -2.85. The lowest BCUT2D eigenvalue weighted by atomic mass is 9.49. The number of likely N-dealkylation sites (tertiary alicyclic amines) is 1. The van der Waals surface area contributed by atoms with Crippen LogP contribution in [0.3, 0.4) is 0 Å². The number of rotatable bonds is 4. The third kappa shape index (κ3) is 2.90. The maximum atomic E-state index is 13.7. The van der Waals surface area contributed by atoms with E-state index in [1.54, 1.807) is 7.11 Å². The predicted octanol–water partition coefficient (Wildman–Crippen LogP) is 6.03. The normalized spacial score (nSPS) is 27.2. The Balaban J connectivity index is 1.39. The number of fused-ring (bicyclic) bond motifs is 1. The lowest BCUT2D eigenvalue weighted by Gasteiger charge is -2.54. The molecule has 1 saturated heterocycles. The molecule has 1 aliphatic heterocycles. The highest BCUT2D eigenvalue weighted by atomic mass is 32.1. The zero-order valence-electron chi connectivity index (χ0n) is 19.2. The van der Waals surface area contributed by atoms with E-state index in [1.807, 2.05) is 35.6 Å². The predicted molar refractivity (Wildman–Crippen MR) is 134 cm³/mol. The molecule has 0 N–H and O–H groups in total. The summed E-state index contributed by atoms with van der Waals surface area (Å²) in [5.41, 5.74) is 4.33. The van der Waals surface area contributed by atoms with Gasteiger partial charge in [-0.1, -0.05) is 49.0 Å². The Kier molecular flexibility index (Phi) is 4.77. The SMILES string of the molecule is C=C(C(=O)N1CC2C3CCC(c4ccc(C)s4)(c4ccccc43)C2C1)c1ccccc1OC. The first-order chi connectivity index (χ1) is 16.0. The molecule has 4 aliphatic rings. The number of para-hydroxylation sites is 1. The van der Waals surface area contributed by atoms with Gasteiger partial charge in [-0.15, -0.1) is 11.3 Å². The Morgan fingerprint density at radius 1 is 1.09 bits per heavy atom. The average molecular weight is 456 g/mol. The molecular formula is C29H29NO2S. The van der Waals surface area contributed by atoms with Gasteiger partial charge < -0.3 is 9.64 Å². The summed E-state index contributed by atoms with van der Waals surface area (Å²) in [7, 11) is 1.64. The van der Waals surface area contributed by atoms with Gasteiger partial charge >= 0.3 is 0 Å². The number of ether oxygens (including phenoxy) is 1. The van der Waals surface area contributed by atoms with E-state index >= 15 is 0 Å². The first kappa shape index (κ1) is 20.7. The van der Waals surface area contributed by atoms with Crippen molar-refractivity contribution in [3.8, 4) is 5.75 Å². The van der Waals surface area contributed by atoms with Gasteiger partial charge in [0.25, 0.3) is 5.91 Å². The summed E-state index contributed by atoms with van der Waals surface area (Å²) in [6.07, 6.45) is 2.37. The van der Waals surface area contributed by atoms with E-state index in [4.69, 9.17) is 4.74 Å². The van der Waals surface area contributed by atoms with E-state index < -0.39 is 0 Å². The van der Waals surface area contributed by atoms with Crippen LogP contribution in [0.2, 0.25) is 0 Å². The summed E-state index contributed by atoms with van der Waals surface area (Å²) in [6, 6.07) is 21.3. The zero-order valence-corrected chi connectivity index (χ0v) is 20.0. The Bertz CT molecular complexity index is 1260. The van der Waals surface area contributed by atoms with Crippen LogP contribution in [0.1, 0.15) is 45.2 Å². The van der Waals surface area contributed by atoms with Crippen molar-refractivity contribution < 1.29 is 9.53 Å². The van der Waals surface area contributed by atoms with E-state index in [0.717, 1.165) is 18.7 Å². The van der Waals surface area contributed by atoms with Gasteiger partial charge in [0.2, 0.25) is 0 Å². The van der Waals surface area contributed by atoms with Crippen LogP contribution in [0.15, 0.2) is 67.2 Å². The number of carbonyl (C=O) groups excluding carboxylic acids is 1. The van der Waals surface area contributed by atoms with Gasteiger partial charge in [-0.2, -0.15) is 0 Å². The van der Waals surface area contributed by atoms with Crippen LogP contribution in [0.25, 0.3) is 5.57 Å². The van der Waals surface area contributed by atoms with Crippen molar-refractivity contribution in [3.63, 3.8) is 0 Å². The smallest absolute Gasteiger partial charge is 0.254 e. The van der Waals surface area contributed by atoms with Crippen molar-refractivity contribution in [2.75, 3.05) is 20.2 Å². The highest BCUT2D eigenvalue weighted by Gasteiger charge is 2.60. The second-order valence-corrected chi connectivity index (χ2v) is 11.1. The molecule has 4 atom stereocenters. The second-order valence-electron chi connectivity index (χ2n) is 9.77. The molecule has 0 spiro atoms. The number of thiophene rings is 1. The van der Waals surface area contributed by atoms with Crippen molar-refractivity contribution in [3.05, 3.63) is 93.7 Å². The van der Waals surface area contributed by atoms with E-state index in [9.17, 15) is 4.79 Å². The lowest BCUT2D eigenvalue weighted by Crippen LogP contribution is -2.50. The maximum absolute atomic E-state index is 13.7. The minimum absolute atomic E-state index is 0.00966. The van der Waals surface area contributed by atoms with Gasteiger partial charge in [-0.25, -0.2) is 0 Å². The number of carbonyl (C=O) groups is 1. The average Bonchev–Trinajstić information content (AvgIpc) is 3.51. The van der Waals surface area contributed by atoms with Gasteiger partial charge in [0, 0.05) is 39.4 Å². The fourth-order valence-electron chi connectivity index (χ4n) is 6.97. The van der Waals surface area contributed by atoms with E-state index in [2.05, 4.69) is 54.8 Å². The molecule has 4 heteroatoms. The zero-order chi connectivity index (χ0) is 22.7. The molecule has 1 saturated carbocycles. The molecule has 2 heterocycles. The number of hydrogen-bond donors (Lipinski definition) is 0. The van der Waals surface area contributed by atoms with Crippen molar-refractivity contribution in [1.29, 1.82) is 0 Å². The fraction of sp³-hybridized carbons (Fsp3) is 0.345. The highest BCUT2D eigenvalue weighted by Crippen LogP contribution is 2.64. The number of amides is 1. The summed E-state index contributed by atoms with van der Waals surface area (Å²) in [5, 5.41) is 0. The van der Waals surface area contributed by atoms with Crippen molar-refractivity contribution in [2.45, 2.75) is 31.1 Å². The van der Waals surface area contributed by atoms with Crippen molar-refractivity contribution in [2.24, 2.45) is 11.8 Å². The molecule has 7 rings (SSSR count). The third-order valence-corrected chi connectivity index (χ3v) is 9.54. The molecule has 2 bridgehead atoms. The van der Waals surface area contributed by atoms with Gasteiger partial charge in [-0.05, 0) is 66.8 Å². The molecular weight excluding hydrogens is 426 g/mol. The topological polar surface area (TPSA) is 29.5 Å². The summed E-state index contributed by atoms with van der Waals surface area (Å²) in [6.45, 7) is 8.00. The minimum atomic E-state index is 0.00966. The van der Waals surface area contributed by atoms with Crippen LogP contribution in [-0.2, 0) is 10.2 Å². The molecule has 3 nitrogen and oxygen atoms in total. The molecule has 168 valence electrons. The van der Waals surface area contributed by atoms with Gasteiger partial charge in [0.1, 0.15) is 5.75 Å². The van der Waals surface area contributed by atoms with Gasteiger partial charge in [-0.3, -0.25) is 4.79 Å². The second kappa shape index (κ2) is 7.59. The summed E-state index contributed by atoms with van der Waals surface area (Å²) in [5.74, 6) is 2.20. The monoisotopic (exact) mass is 455 g/mol. The number of benzene rings is 2. The summed E-state index contributed by atoms with van der Waals surface area (Å²) >= 11 is 1.94. The van der Waals surface area contributed by atoms with Crippen LogP contribution < -0.4 is 4.74 Å². The van der Waals surface area contributed by atoms with E-state index in [0.29, 0.717) is 29.1 Å². The maximum Gasteiger partial charge on any atom is 0.254 e. The molecule has 33 heavy (non-hydrogen) atoms. The molecule has 3 aromatic rings. The van der Waals surface area contributed by atoms with Gasteiger partial charge in [0.05, 0.1) is 7.11 Å². The lowest BCUT2D eigenvalue weighted by molar-refractivity contribution is -0.124. The Morgan fingerprint density at radius 2 is 1.88 bits per heavy atom. The standard InChI is InChI=1S/C29H29NO2S/c1-18-12-13-27(33-18)29-15-14-21(22-9-4-6-10-24(22)29)23-16-30(17-25(23)29)28(31)19(2)20-8-5-7-11-26(20)32-3/h4-13,21,23,25H,2,14-17H2,1,3H3. The molecule has 0 radical (unpaired) electrons. The van der Waals surface area contributed by atoms with Crippen LogP contribution in [0.4, 0.5) is 0 Å². The third-order valence-electron chi connectivity index (χ3n) is 8.36. The van der Waals surface area contributed by atoms with Crippen LogP contribution in [0.5, 0.6) is 5.75 Å². The number of methoxy groups -OCH3 is 1. The summed E-state index contributed by atoms with van der Waals surface area (Å²) < 4.78 is 5.51. The van der Waals surface area contributed by atoms with Gasteiger partial charge in [0.15, 0.2) is 0 Å². The first-order valence-electron chi connectivity index (χ1n) is 11.8. The van der Waals surface area contributed by atoms with Crippen LogP contribution in [-0.4, -0.2) is 31.0 Å². The first-order valence-corrected chi connectivity index (χ1v) is 12.6. The molecule has 2 fully saturated rings. The molecule has 3 aliphatic carbocycles. The van der Waals surface area contributed by atoms with E-state index in [1.165, 1.54) is 33.7 Å². The Labute approximate surface area is 199 Å². The largest absolute Gasteiger partial charge is 0.496 e. The number of hydrogen-bond acceptors (Lipinski definition) is 3. The van der Waals surface area contributed by atoms with Crippen molar-refractivity contribution >= 4 is 22.8 Å². The number of aryl methyl sites for hydroxylation is 1. The minimum Gasteiger partial charge on any atom is -0.496 e. The van der Waals surface area contributed by atoms with Crippen LogP contribution >= 0.6 is 11.3 Å². The highest BCUT2D eigenvalue weighted by molar-refractivity contribution is 7.12. The molecule has 1 amide bonds. The fourth-order valence-corrected chi connectivity index (χ4v) is 8.13. The van der Waals surface area contributed by atoms with Crippen molar-refractivity contribution in [1.82, 2.24) is 4.90 Å². The van der Waals surface area contributed by atoms with Crippen LogP contribution in [0, 0.1) is 18.8 Å². The Morgan fingerprint density at radius 3 is 2.67 bits per heavy atom.